The molecule has 5 nitrogen and oxygen atoms in total. The number of carbonyl (C=O) groups is 1. The molecule has 1 aromatic carbocycles. The maximum Gasteiger partial charge on any atom is 0.407 e. The van der Waals surface area contributed by atoms with Gasteiger partial charge in [0.2, 0.25) is 0 Å². The Morgan fingerprint density at radius 3 is 2.75 bits per heavy atom. The number of benzene rings is 1. The first-order chi connectivity index (χ1) is 9.54. The van der Waals surface area contributed by atoms with Gasteiger partial charge in [-0.1, -0.05) is 0 Å². The Bertz CT molecular complexity index is 651. The molecule has 0 aliphatic carbocycles. The van der Waals surface area contributed by atoms with Gasteiger partial charge in [-0.15, -0.1) is 0 Å². The van der Waals surface area contributed by atoms with Gasteiger partial charge in [0.25, 0.3) is 0 Å². The lowest BCUT2D eigenvalue weighted by Gasteiger charge is -2.31. The lowest BCUT2D eigenvalue weighted by atomic mass is 10.1. The second-order valence-electron chi connectivity index (χ2n) is 4.97. The summed E-state index contributed by atoms with van der Waals surface area (Å²) in [4.78, 5) is 12.5. The van der Waals surface area contributed by atoms with Crippen LogP contribution in [0.15, 0.2) is 30.3 Å². The summed E-state index contributed by atoms with van der Waals surface area (Å²) in [5.74, 6) is -0.289. The quantitative estimate of drug-likeness (QED) is 0.870. The van der Waals surface area contributed by atoms with E-state index in [1.807, 2.05) is 17.7 Å². The summed E-state index contributed by atoms with van der Waals surface area (Å²) in [6.07, 6.45) is -0.923. The van der Waals surface area contributed by atoms with Gasteiger partial charge in [-0.05, 0) is 37.3 Å². The van der Waals surface area contributed by atoms with Crippen molar-refractivity contribution in [1.29, 1.82) is 0 Å². The third kappa shape index (κ3) is 2.13. The van der Waals surface area contributed by atoms with E-state index in [0.717, 1.165) is 17.0 Å². The van der Waals surface area contributed by atoms with Crippen molar-refractivity contribution in [2.75, 3.05) is 0 Å². The minimum Gasteiger partial charge on any atom is -0.465 e. The van der Waals surface area contributed by atoms with E-state index in [4.69, 9.17) is 5.11 Å². The molecule has 0 saturated carbocycles. The van der Waals surface area contributed by atoms with Crippen LogP contribution in [0.25, 0.3) is 11.3 Å². The van der Waals surface area contributed by atoms with Gasteiger partial charge in [0.15, 0.2) is 0 Å². The fourth-order valence-electron chi connectivity index (χ4n) is 2.44. The van der Waals surface area contributed by atoms with Crippen LogP contribution < -0.4 is 0 Å². The number of amides is 1. The topological polar surface area (TPSA) is 58.4 Å². The number of fused-ring (bicyclic) bond motifs is 1. The van der Waals surface area contributed by atoms with Crippen molar-refractivity contribution in [3.8, 4) is 11.3 Å². The molecule has 1 aliphatic rings. The molecule has 0 radical (unpaired) electrons. The molecule has 1 amide bonds. The molecule has 1 aliphatic heterocycles. The Balaban J connectivity index is 1.94. The Kier molecular flexibility index (Phi) is 2.93. The fraction of sp³-hybridized carbons (Fsp3) is 0.286. The van der Waals surface area contributed by atoms with E-state index in [-0.39, 0.29) is 11.9 Å². The van der Waals surface area contributed by atoms with Gasteiger partial charge in [-0.25, -0.2) is 9.18 Å². The number of hydrogen-bond acceptors (Lipinski definition) is 2. The molecule has 1 aromatic heterocycles. The van der Waals surface area contributed by atoms with Crippen LogP contribution in [0.5, 0.6) is 0 Å². The van der Waals surface area contributed by atoms with Crippen molar-refractivity contribution in [2.45, 2.75) is 26.1 Å². The monoisotopic (exact) mass is 275 g/mol. The van der Waals surface area contributed by atoms with Crippen molar-refractivity contribution >= 4 is 6.09 Å². The summed E-state index contributed by atoms with van der Waals surface area (Å²) < 4.78 is 14.7. The molecular formula is C14H14FN3O2. The normalized spacial score (nSPS) is 17.9. The predicted octanol–water partition coefficient (Wildman–Crippen LogP) is 2.57. The zero-order valence-electron chi connectivity index (χ0n) is 11.0. The minimum absolute atomic E-state index is 0.110. The average molecular weight is 275 g/mol. The molecule has 0 bridgehead atoms. The summed E-state index contributed by atoms with van der Waals surface area (Å²) in [5.41, 5.74) is 2.41. The Labute approximate surface area is 115 Å². The third-order valence-electron chi connectivity index (χ3n) is 3.55. The van der Waals surface area contributed by atoms with Gasteiger partial charge in [0.1, 0.15) is 5.82 Å². The highest BCUT2D eigenvalue weighted by Gasteiger charge is 2.27. The van der Waals surface area contributed by atoms with Crippen LogP contribution in [0, 0.1) is 5.82 Å². The first-order valence-corrected chi connectivity index (χ1v) is 6.37. The fourth-order valence-corrected chi connectivity index (χ4v) is 2.44. The van der Waals surface area contributed by atoms with Gasteiger partial charge in [0, 0.05) is 5.56 Å². The number of hydrogen-bond donors (Lipinski definition) is 1. The van der Waals surface area contributed by atoms with Crippen molar-refractivity contribution in [1.82, 2.24) is 14.7 Å². The van der Waals surface area contributed by atoms with Crippen molar-refractivity contribution in [3.63, 3.8) is 0 Å². The van der Waals surface area contributed by atoms with Crippen LogP contribution >= 0.6 is 0 Å². The van der Waals surface area contributed by atoms with Gasteiger partial charge >= 0.3 is 6.09 Å². The van der Waals surface area contributed by atoms with Crippen LogP contribution in [-0.2, 0) is 13.1 Å². The van der Waals surface area contributed by atoms with Crippen molar-refractivity contribution in [3.05, 3.63) is 41.8 Å². The highest BCUT2D eigenvalue weighted by atomic mass is 19.1. The number of carboxylic acid groups (broad SMARTS) is 1. The summed E-state index contributed by atoms with van der Waals surface area (Å²) in [6.45, 7) is 2.71. The second kappa shape index (κ2) is 4.63. The van der Waals surface area contributed by atoms with Crippen LogP contribution in [-0.4, -0.2) is 31.9 Å². The molecule has 2 aromatic rings. The molecule has 6 heteroatoms. The molecular weight excluding hydrogens is 261 g/mol. The van der Waals surface area contributed by atoms with E-state index >= 15 is 0 Å². The highest BCUT2D eigenvalue weighted by molar-refractivity contribution is 5.66. The van der Waals surface area contributed by atoms with Gasteiger partial charge < -0.3 is 5.11 Å². The van der Waals surface area contributed by atoms with E-state index in [2.05, 4.69) is 5.10 Å². The van der Waals surface area contributed by atoms with Gasteiger partial charge in [0.05, 0.1) is 30.5 Å². The molecule has 20 heavy (non-hydrogen) atoms. The maximum atomic E-state index is 12.9. The van der Waals surface area contributed by atoms with Gasteiger partial charge in [-0.2, -0.15) is 5.10 Å². The van der Waals surface area contributed by atoms with Crippen molar-refractivity contribution < 1.29 is 14.3 Å². The zero-order chi connectivity index (χ0) is 14.3. The Morgan fingerprint density at radius 2 is 2.10 bits per heavy atom. The molecule has 0 unspecified atom stereocenters. The summed E-state index contributed by atoms with van der Waals surface area (Å²) in [5, 5.41) is 13.6. The highest BCUT2D eigenvalue weighted by Crippen LogP contribution is 2.24. The van der Waals surface area contributed by atoms with Crippen LogP contribution in [0.1, 0.15) is 12.6 Å². The minimum atomic E-state index is -0.923. The summed E-state index contributed by atoms with van der Waals surface area (Å²) >= 11 is 0. The number of aromatic nitrogens is 2. The van der Waals surface area contributed by atoms with E-state index in [0.29, 0.717) is 13.1 Å². The lowest BCUT2D eigenvalue weighted by Crippen LogP contribution is -2.44. The molecule has 0 fully saturated rings. The smallest absolute Gasteiger partial charge is 0.407 e. The van der Waals surface area contributed by atoms with E-state index in [9.17, 15) is 9.18 Å². The molecule has 1 N–H and O–H groups in total. The third-order valence-corrected chi connectivity index (χ3v) is 3.55. The maximum absolute atomic E-state index is 12.9. The Morgan fingerprint density at radius 1 is 1.40 bits per heavy atom. The zero-order valence-corrected chi connectivity index (χ0v) is 11.0. The van der Waals surface area contributed by atoms with Gasteiger partial charge in [-0.3, -0.25) is 9.58 Å². The lowest BCUT2D eigenvalue weighted by molar-refractivity contribution is 0.105. The number of halogens is 1. The van der Waals surface area contributed by atoms with E-state index in [1.165, 1.54) is 17.0 Å². The molecule has 3 rings (SSSR count). The van der Waals surface area contributed by atoms with Crippen LogP contribution in [0.2, 0.25) is 0 Å². The SMILES string of the molecule is C[C@H]1Cn2nc(-c3ccc(F)cc3)cc2CN1C(=O)O. The summed E-state index contributed by atoms with van der Waals surface area (Å²) in [7, 11) is 0. The molecule has 104 valence electrons. The molecule has 0 saturated heterocycles. The second-order valence-corrected chi connectivity index (χ2v) is 4.97. The Hall–Kier alpha value is -2.37. The van der Waals surface area contributed by atoms with Crippen LogP contribution in [0.3, 0.4) is 0 Å². The van der Waals surface area contributed by atoms with Crippen molar-refractivity contribution in [2.24, 2.45) is 0 Å². The molecule has 2 heterocycles. The standard InChI is InChI=1S/C14H14FN3O2/c1-9-7-18-12(8-17(9)14(19)20)6-13(16-18)10-2-4-11(15)5-3-10/h2-6,9H,7-8H2,1H3,(H,19,20)/t9-/m0/s1. The number of rotatable bonds is 1. The first-order valence-electron chi connectivity index (χ1n) is 6.37. The van der Waals surface area contributed by atoms with Crippen LogP contribution in [0.4, 0.5) is 9.18 Å². The van der Waals surface area contributed by atoms with E-state index in [1.54, 1.807) is 12.1 Å². The predicted molar refractivity (Wildman–Crippen MR) is 70.7 cm³/mol. The molecule has 1 atom stereocenters. The average Bonchev–Trinajstić information content (AvgIpc) is 2.81. The number of nitrogens with zero attached hydrogens (tertiary/aromatic N) is 3. The largest absolute Gasteiger partial charge is 0.465 e. The summed E-state index contributed by atoms with van der Waals surface area (Å²) in [6, 6.07) is 7.86. The molecule has 0 spiro atoms. The van der Waals surface area contributed by atoms with E-state index < -0.39 is 6.09 Å². The first kappa shape index (κ1) is 12.7.